The molecule has 2 aromatic carbocycles. The van der Waals surface area contributed by atoms with Crippen LogP contribution in [-0.4, -0.2) is 30.4 Å². The SMILES string of the molecule is CCCN(c1ccccc1)c1ccc(C(=O)N2CCCCC2)cc1C. The molecule has 3 heteroatoms. The lowest BCUT2D eigenvalue weighted by atomic mass is 10.0. The summed E-state index contributed by atoms with van der Waals surface area (Å²) in [6.45, 7) is 7.05. The van der Waals surface area contributed by atoms with Gasteiger partial charge in [-0.25, -0.2) is 0 Å². The highest BCUT2D eigenvalue weighted by molar-refractivity contribution is 5.95. The number of aryl methyl sites for hydroxylation is 1. The number of carbonyl (C=O) groups excluding carboxylic acids is 1. The van der Waals surface area contributed by atoms with Crippen molar-refractivity contribution in [3.05, 3.63) is 59.7 Å². The highest BCUT2D eigenvalue weighted by Crippen LogP contribution is 2.29. The molecule has 0 saturated carbocycles. The number of amides is 1. The minimum atomic E-state index is 0.177. The lowest BCUT2D eigenvalue weighted by Crippen LogP contribution is -2.35. The third kappa shape index (κ3) is 4.04. The van der Waals surface area contributed by atoms with Gasteiger partial charge < -0.3 is 9.80 Å². The summed E-state index contributed by atoms with van der Waals surface area (Å²) in [6, 6.07) is 16.6. The molecule has 0 unspecified atom stereocenters. The van der Waals surface area contributed by atoms with E-state index in [0.29, 0.717) is 0 Å². The highest BCUT2D eigenvalue weighted by Gasteiger charge is 2.19. The van der Waals surface area contributed by atoms with Crippen LogP contribution in [0.5, 0.6) is 0 Å². The molecule has 0 bridgehead atoms. The normalized spacial score (nSPS) is 14.4. The summed E-state index contributed by atoms with van der Waals surface area (Å²) in [6.07, 6.45) is 4.57. The first-order valence-electron chi connectivity index (χ1n) is 9.43. The number of anilines is 2. The number of para-hydroxylation sites is 1. The molecule has 25 heavy (non-hydrogen) atoms. The second kappa shape index (κ2) is 8.19. The number of hydrogen-bond acceptors (Lipinski definition) is 2. The van der Waals surface area contributed by atoms with Gasteiger partial charge in [0.2, 0.25) is 0 Å². The number of hydrogen-bond donors (Lipinski definition) is 0. The van der Waals surface area contributed by atoms with Crippen LogP contribution in [-0.2, 0) is 0 Å². The fraction of sp³-hybridized carbons (Fsp3) is 0.409. The van der Waals surface area contributed by atoms with Crippen LogP contribution >= 0.6 is 0 Å². The van der Waals surface area contributed by atoms with E-state index in [4.69, 9.17) is 0 Å². The smallest absolute Gasteiger partial charge is 0.253 e. The standard InChI is InChI=1S/C22H28N2O/c1-3-14-24(20-10-6-4-7-11-20)21-13-12-19(17-18(21)2)22(25)23-15-8-5-9-16-23/h4,6-7,10-13,17H,3,5,8-9,14-16H2,1-2H3. The summed E-state index contributed by atoms with van der Waals surface area (Å²) in [4.78, 5) is 17.1. The van der Waals surface area contributed by atoms with Crippen molar-refractivity contribution in [1.82, 2.24) is 4.90 Å². The number of likely N-dealkylation sites (tertiary alicyclic amines) is 1. The maximum Gasteiger partial charge on any atom is 0.253 e. The van der Waals surface area contributed by atoms with Gasteiger partial charge in [0.25, 0.3) is 5.91 Å². The Balaban J connectivity index is 1.86. The fourth-order valence-electron chi connectivity index (χ4n) is 3.59. The zero-order chi connectivity index (χ0) is 17.6. The molecule has 0 spiro atoms. The molecule has 0 radical (unpaired) electrons. The van der Waals surface area contributed by atoms with Crippen molar-refractivity contribution in [2.24, 2.45) is 0 Å². The summed E-state index contributed by atoms with van der Waals surface area (Å²) in [5.74, 6) is 0.177. The Labute approximate surface area is 151 Å². The molecule has 0 N–H and O–H groups in total. The molecular weight excluding hydrogens is 308 g/mol. The van der Waals surface area contributed by atoms with Crippen molar-refractivity contribution < 1.29 is 4.79 Å². The van der Waals surface area contributed by atoms with Crippen molar-refractivity contribution in [2.75, 3.05) is 24.5 Å². The Morgan fingerprint density at radius 1 is 1.04 bits per heavy atom. The Morgan fingerprint density at radius 2 is 1.76 bits per heavy atom. The predicted octanol–water partition coefficient (Wildman–Crippen LogP) is 5.17. The van der Waals surface area contributed by atoms with Crippen LogP contribution < -0.4 is 4.90 Å². The Bertz CT molecular complexity index is 705. The average Bonchev–Trinajstić information content (AvgIpc) is 2.67. The molecule has 132 valence electrons. The van der Waals surface area contributed by atoms with Gasteiger partial charge in [0, 0.05) is 36.6 Å². The zero-order valence-corrected chi connectivity index (χ0v) is 15.4. The van der Waals surface area contributed by atoms with Gasteiger partial charge >= 0.3 is 0 Å². The Morgan fingerprint density at radius 3 is 2.40 bits per heavy atom. The van der Waals surface area contributed by atoms with E-state index in [1.54, 1.807) is 0 Å². The molecule has 0 aliphatic carbocycles. The average molecular weight is 336 g/mol. The third-order valence-corrected chi connectivity index (χ3v) is 4.89. The van der Waals surface area contributed by atoms with Crippen molar-refractivity contribution >= 4 is 17.3 Å². The molecule has 0 aromatic heterocycles. The van der Waals surface area contributed by atoms with Crippen molar-refractivity contribution in [2.45, 2.75) is 39.5 Å². The van der Waals surface area contributed by atoms with Gasteiger partial charge in [0.15, 0.2) is 0 Å². The number of nitrogens with zero attached hydrogens (tertiary/aromatic N) is 2. The van der Waals surface area contributed by atoms with Crippen LogP contribution in [0.1, 0.15) is 48.5 Å². The van der Waals surface area contributed by atoms with E-state index in [1.807, 2.05) is 17.0 Å². The fourth-order valence-corrected chi connectivity index (χ4v) is 3.59. The van der Waals surface area contributed by atoms with Gasteiger partial charge in [0.1, 0.15) is 0 Å². The summed E-state index contributed by atoms with van der Waals surface area (Å²) in [5.41, 5.74) is 4.35. The summed E-state index contributed by atoms with van der Waals surface area (Å²) < 4.78 is 0. The summed E-state index contributed by atoms with van der Waals surface area (Å²) in [7, 11) is 0. The third-order valence-electron chi connectivity index (χ3n) is 4.89. The van der Waals surface area contributed by atoms with Gasteiger partial charge in [-0.05, 0) is 68.5 Å². The second-order valence-corrected chi connectivity index (χ2v) is 6.84. The van der Waals surface area contributed by atoms with E-state index in [2.05, 4.69) is 55.1 Å². The van der Waals surface area contributed by atoms with Crippen LogP contribution in [0.3, 0.4) is 0 Å². The van der Waals surface area contributed by atoms with Crippen molar-refractivity contribution in [1.29, 1.82) is 0 Å². The largest absolute Gasteiger partial charge is 0.341 e. The van der Waals surface area contributed by atoms with Gasteiger partial charge in [-0.15, -0.1) is 0 Å². The van der Waals surface area contributed by atoms with E-state index in [9.17, 15) is 4.79 Å². The first kappa shape index (κ1) is 17.5. The Kier molecular flexibility index (Phi) is 5.75. The summed E-state index contributed by atoms with van der Waals surface area (Å²) >= 11 is 0. The minimum absolute atomic E-state index is 0.177. The van der Waals surface area contributed by atoms with Gasteiger partial charge in [-0.1, -0.05) is 25.1 Å². The van der Waals surface area contributed by atoms with E-state index in [1.165, 1.54) is 17.8 Å². The topological polar surface area (TPSA) is 23.6 Å². The van der Waals surface area contributed by atoms with Crippen LogP contribution in [0.4, 0.5) is 11.4 Å². The molecule has 2 aromatic rings. The first-order chi connectivity index (χ1) is 12.2. The van der Waals surface area contributed by atoms with E-state index in [0.717, 1.165) is 50.0 Å². The van der Waals surface area contributed by atoms with Gasteiger partial charge in [0.05, 0.1) is 0 Å². The number of benzene rings is 2. The van der Waals surface area contributed by atoms with Crippen LogP contribution in [0.25, 0.3) is 0 Å². The van der Waals surface area contributed by atoms with Crippen LogP contribution in [0.15, 0.2) is 48.5 Å². The number of piperidine rings is 1. The number of carbonyl (C=O) groups is 1. The van der Waals surface area contributed by atoms with Crippen molar-refractivity contribution in [3.8, 4) is 0 Å². The molecule has 1 saturated heterocycles. The van der Waals surface area contributed by atoms with E-state index < -0.39 is 0 Å². The quantitative estimate of drug-likeness (QED) is 0.752. The first-order valence-corrected chi connectivity index (χ1v) is 9.43. The second-order valence-electron chi connectivity index (χ2n) is 6.84. The lowest BCUT2D eigenvalue weighted by molar-refractivity contribution is 0.0724. The van der Waals surface area contributed by atoms with Crippen LogP contribution in [0, 0.1) is 6.92 Å². The highest BCUT2D eigenvalue weighted by atomic mass is 16.2. The van der Waals surface area contributed by atoms with E-state index in [-0.39, 0.29) is 5.91 Å². The molecule has 1 aliphatic rings. The molecular formula is C22H28N2O. The molecule has 3 nitrogen and oxygen atoms in total. The lowest BCUT2D eigenvalue weighted by Gasteiger charge is -2.28. The van der Waals surface area contributed by atoms with Crippen LogP contribution in [0.2, 0.25) is 0 Å². The summed E-state index contributed by atoms with van der Waals surface area (Å²) in [5, 5.41) is 0. The monoisotopic (exact) mass is 336 g/mol. The molecule has 1 aliphatic heterocycles. The maximum absolute atomic E-state index is 12.7. The zero-order valence-electron chi connectivity index (χ0n) is 15.4. The minimum Gasteiger partial charge on any atom is -0.341 e. The van der Waals surface area contributed by atoms with E-state index >= 15 is 0 Å². The molecule has 1 heterocycles. The number of rotatable bonds is 5. The maximum atomic E-state index is 12.7. The molecule has 0 atom stereocenters. The van der Waals surface area contributed by atoms with Gasteiger partial charge in [-0.3, -0.25) is 4.79 Å². The van der Waals surface area contributed by atoms with Gasteiger partial charge in [-0.2, -0.15) is 0 Å². The molecule has 3 rings (SSSR count). The van der Waals surface area contributed by atoms with Crippen molar-refractivity contribution in [3.63, 3.8) is 0 Å². The predicted molar refractivity (Wildman–Crippen MR) is 105 cm³/mol. The Hall–Kier alpha value is -2.29. The molecule has 1 fully saturated rings. The molecule has 1 amide bonds.